The minimum Gasteiger partial charge on any atom is -0.435 e. The predicted octanol–water partition coefficient (Wildman–Crippen LogP) is 14.9. The van der Waals surface area contributed by atoms with Crippen molar-refractivity contribution >= 4 is 71.3 Å². The first-order valence-corrected chi connectivity index (χ1v) is 19.0. The van der Waals surface area contributed by atoms with Gasteiger partial charge < -0.3 is 9.32 Å². The Hall–Kier alpha value is -7.49. The maximum Gasteiger partial charge on any atom is 0.227 e. The van der Waals surface area contributed by atoms with Crippen LogP contribution in [0.15, 0.2) is 211 Å². The van der Waals surface area contributed by atoms with Gasteiger partial charge >= 0.3 is 0 Å². The standard InChI is InChI=1S/C53H34N2O/c1-3-13-36(14-4-1)53-54-51-46-20-10-8-16-40(46)34-50(52(51)56-53)41-24-23-38-32-44(30-27-37(38)31-41)55(42-17-5-2-6-18-42)43-28-25-35(26-29-43)49-33-39-15-7-9-19-45(39)47-21-11-12-22-48(47)49/h1-34H. The SMILES string of the molecule is c1ccc(-c2nc3c(o2)c(-c2ccc4cc(N(c5ccccc5)c5ccc(-c6cc7ccccc7c7ccccc67)cc5)ccc4c2)cc2ccccc23)cc1. The molecule has 3 heteroatoms. The summed E-state index contributed by atoms with van der Waals surface area (Å²) in [5.41, 5.74) is 10.5. The van der Waals surface area contributed by atoms with Crippen LogP contribution in [0, 0.1) is 0 Å². The van der Waals surface area contributed by atoms with Crippen LogP contribution in [-0.4, -0.2) is 4.98 Å². The van der Waals surface area contributed by atoms with E-state index in [1.807, 2.05) is 30.3 Å². The molecule has 0 atom stereocenters. The predicted molar refractivity (Wildman–Crippen MR) is 235 cm³/mol. The van der Waals surface area contributed by atoms with Gasteiger partial charge in [0, 0.05) is 33.6 Å². The van der Waals surface area contributed by atoms with Crippen LogP contribution in [0.5, 0.6) is 0 Å². The second kappa shape index (κ2) is 13.1. The van der Waals surface area contributed by atoms with Gasteiger partial charge in [-0.2, -0.15) is 0 Å². The number of para-hydroxylation sites is 1. The molecule has 0 unspecified atom stereocenters. The zero-order valence-electron chi connectivity index (χ0n) is 30.4. The molecule has 1 aromatic heterocycles. The van der Waals surface area contributed by atoms with Gasteiger partial charge in [0.1, 0.15) is 5.52 Å². The quantitative estimate of drug-likeness (QED) is 0.161. The van der Waals surface area contributed by atoms with E-state index >= 15 is 0 Å². The van der Waals surface area contributed by atoms with E-state index in [-0.39, 0.29) is 0 Å². The van der Waals surface area contributed by atoms with E-state index in [9.17, 15) is 0 Å². The lowest BCUT2D eigenvalue weighted by molar-refractivity contribution is 0.621. The van der Waals surface area contributed by atoms with Crippen molar-refractivity contribution in [1.82, 2.24) is 4.98 Å². The molecule has 11 rings (SSSR count). The summed E-state index contributed by atoms with van der Waals surface area (Å²) in [7, 11) is 0. The van der Waals surface area contributed by atoms with Crippen molar-refractivity contribution in [3.63, 3.8) is 0 Å². The summed E-state index contributed by atoms with van der Waals surface area (Å²) in [6.07, 6.45) is 0. The molecule has 0 bridgehead atoms. The smallest absolute Gasteiger partial charge is 0.227 e. The molecule has 3 nitrogen and oxygen atoms in total. The number of nitrogens with zero attached hydrogens (tertiary/aromatic N) is 2. The first-order chi connectivity index (χ1) is 27.7. The molecule has 262 valence electrons. The third-order valence-electron chi connectivity index (χ3n) is 11.0. The van der Waals surface area contributed by atoms with Gasteiger partial charge in [0.05, 0.1) is 0 Å². The topological polar surface area (TPSA) is 29.3 Å². The molecule has 0 amide bonds. The van der Waals surface area contributed by atoms with Crippen molar-refractivity contribution in [3.05, 3.63) is 206 Å². The number of hydrogen-bond donors (Lipinski definition) is 0. The van der Waals surface area contributed by atoms with E-state index in [4.69, 9.17) is 9.40 Å². The Bertz CT molecular complexity index is 3240. The summed E-state index contributed by atoms with van der Waals surface area (Å²) in [5.74, 6) is 0.628. The third kappa shape index (κ3) is 5.40. The van der Waals surface area contributed by atoms with Crippen LogP contribution in [0.4, 0.5) is 17.1 Å². The lowest BCUT2D eigenvalue weighted by Crippen LogP contribution is -2.09. The van der Waals surface area contributed by atoms with E-state index in [1.54, 1.807) is 0 Å². The van der Waals surface area contributed by atoms with Gasteiger partial charge in [0.2, 0.25) is 5.89 Å². The highest BCUT2D eigenvalue weighted by atomic mass is 16.3. The summed E-state index contributed by atoms with van der Waals surface area (Å²) < 4.78 is 6.57. The van der Waals surface area contributed by atoms with E-state index in [1.165, 1.54) is 32.7 Å². The van der Waals surface area contributed by atoms with Crippen molar-refractivity contribution in [2.75, 3.05) is 4.90 Å². The van der Waals surface area contributed by atoms with E-state index in [0.29, 0.717) is 5.89 Å². The van der Waals surface area contributed by atoms with Crippen LogP contribution in [0.2, 0.25) is 0 Å². The maximum atomic E-state index is 6.57. The number of rotatable bonds is 6. The summed E-state index contributed by atoms with van der Waals surface area (Å²) in [6.45, 7) is 0. The minimum absolute atomic E-state index is 0.628. The van der Waals surface area contributed by atoms with Crippen molar-refractivity contribution in [2.45, 2.75) is 0 Å². The van der Waals surface area contributed by atoms with Gasteiger partial charge in [-0.25, -0.2) is 4.98 Å². The Labute approximate surface area is 324 Å². The minimum atomic E-state index is 0.628. The summed E-state index contributed by atoms with van der Waals surface area (Å²) in [5, 5.41) is 9.60. The van der Waals surface area contributed by atoms with E-state index in [0.717, 1.165) is 66.4 Å². The van der Waals surface area contributed by atoms with Crippen molar-refractivity contribution in [3.8, 4) is 33.7 Å². The van der Waals surface area contributed by atoms with Crippen LogP contribution in [0.25, 0.3) is 87.9 Å². The largest absolute Gasteiger partial charge is 0.435 e. The molecule has 0 aliphatic carbocycles. The second-order valence-corrected chi connectivity index (χ2v) is 14.4. The van der Waals surface area contributed by atoms with Gasteiger partial charge in [0.15, 0.2) is 5.58 Å². The molecule has 10 aromatic carbocycles. The number of fused-ring (bicyclic) bond motifs is 7. The molecular formula is C53H34N2O. The lowest BCUT2D eigenvalue weighted by atomic mass is 9.93. The second-order valence-electron chi connectivity index (χ2n) is 14.4. The van der Waals surface area contributed by atoms with Crippen LogP contribution in [0.1, 0.15) is 0 Å². The van der Waals surface area contributed by atoms with Crippen LogP contribution in [0.3, 0.4) is 0 Å². The molecule has 0 saturated carbocycles. The molecule has 56 heavy (non-hydrogen) atoms. The molecule has 0 aliphatic heterocycles. The first-order valence-electron chi connectivity index (χ1n) is 19.0. The highest BCUT2D eigenvalue weighted by molar-refractivity contribution is 6.14. The Balaban J connectivity index is 0.996. The first kappa shape index (κ1) is 32.0. The molecule has 0 saturated heterocycles. The molecule has 0 N–H and O–H groups in total. The van der Waals surface area contributed by atoms with Crippen molar-refractivity contribution < 1.29 is 4.42 Å². The molecule has 1 heterocycles. The monoisotopic (exact) mass is 714 g/mol. The van der Waals surface area contributed by atoms with Gasteiger partial charge in [-0.05, 0) is 121 Å². The average molecular weight is 715 g/mol. The average Bonchev–Trinajstić information content (AvgIpc) is 3.73. The molecular weight excluding hydrogens is 681 g/mol. The lowest BCUT2D eigenvalue weighted by Gasteiger charge is -2.26. The van der Waals surface area contributed by atoms with Gasteiger partial charge in [-0.15, -0.1) is 0 Å². The Morgan fingerprint density at radius 2 is 0.893 bits per heavy atom. The Morgan fingerprint density at radius 1 is 0.339 bits per heavy atom. The maximum absolute atomic E-state index is 6.57. The fourth-order valence-corrected chi connectivity index (χ4v) is 8.31. The Morgan fingerprint density at radius 3 is 1.68 bits per heavy atom. The number of anilines is 3. The summed E-state index contributed by atoms with van der Waals surface area (Å²) in [4.78, 5) is 7.36. The number of hydrogen-bond acceptors (Lipinski definition) is 3. The fraction of sp³-hybridized carbons (Fsp3) is 0. The Kier molecular flexibility index (Phi) is 7.49. The molecule has 0 radical (unpaired) electrons. The highest BCUT2D eigenvalue weighted by Crippen LogP contribution is 2.42. The number of oxazole rings is 1. The van der Waals surface area contributed by atoms with Crippen LogP contribution in [-0.2, 0) is 0 Å². The molecule has 0 fully saturated rings. The van der Waals surface area contributed by atoms with Crippen LogP contribution < -0.4 is 4.90 Å². The van der Waals surface area contributed by atoms with Crippen LogP contribution >= 0.6 is 0 Å². The van der Waals surface area contributed by atoms with E-state index < -0.39 is 0 Å². The van der Waals surface area contributed by atoms with Crippen molar-refractivity contribution in [2.24, 2.45) is 0 Å². The summed E-state index contributed by atoms with van der Waals surface area (Å²) >= 11 is 0. The normalized spacial score (nSPS) is 11.6. The zero-order chi connectivity index (χ0) is 37.0. The van der Waals surface area contributed by atoms with Gasteiger partial charge in [-0.1, -0.05) is 140 Å². The number of benzene rings is 10. The third-order valence-corrected chi connectivity index (χ3v) is 11.0. The van der Waals surface area contributed by atoms with E-state index in [2.05, 4.69) is 181 Å². The highest BCUT2D eigenvalue weighted by Gasteiger charge is 2.18. The zero-order valence-corrected chi connectivity index (χ0v) is 30.4. The molecule has 11 aromatic rings. The number of aromatic nitrogens is 1. The molecule has 0 aliphatic rings. The fourth-order valence-electron chi connectivity index (χ4n) is 8.31. The van der Waals surface area contributed by atoms with Gasteiger partial charge in [0.25, 0.3) is 0 Å². The summed E-state index contributed by atoms with van der Waals surface area (Å²) in [6, 6.07) is 73.5. The van der Waals surface area contributed by atoms with Gasteiger partial charge in [-0.3, -0.25) is 0 Å². The van der Waals surface area contributed by atoms with Crippen molar-refractivity contribution in [1.29, 1.82) is 0 Å². The molecule has 0 spiro atoms.